The number of nitrogens with one attached hydrogen (secondary N) is 1. The third-order valence-corrected chi connectivity index (χ3v) is 3.09. The molecule has 1 atom stereocenters. The van der Waals surface area contributed by atoms with E-state index in [1.54, 1.807) is 12.4 Å². The van der Waals surface area contributed by atoms with Gasteiger partial charge in [-0.05, 0) is 19.1 Å². The van der Waals surface area contributed by atoms with E-state index in [1.807, 2.05) is 29.8 Å². The summed E-state index contributed by atoms with van der Waals surface area (Å²) in [6.07, 6.45) is 4.08. The van der Waals surface area contributed by atoms with Crippen LogP contribution in [-0.2, 0) is 13.0 Å². The van der Waals surface area contributed by atoms with Crippen LogP contribution in [0.25, 0.3) is 0 Å². The summed E-state index contributed by atoms with van der Waals surface area (Å²) in [6.45, 7) is 2.77. The molecule has 2 heterocycles. The minimum atomic E-state index is -0.102. The van der Waals surface area contributed by atoms with Gasteiger partial charge in [0.2, 0.25) is 0 Å². The molecule has 18 heavy (non-hydrogen) atoms. The van der Waals surface area contributed by atoms with E-state index < -0.39 is 0 Å². The highest BCUT2D eigenvalue weighted by Gasteiger charge is 2.19. The first-order valence-electron chi connectivity index (χ1n) is 5.83. The monoisotopic (exact) mass is 265 g/mol. The predicted molar refractivity (Wildman–Crippen MR) is 70.9 cm³/mol. The quantitative estimate of drug-likeness (QED) is 0.638. The molecule has 0 bridgehead atoms. The van der Waals surface area contributed by atoms with Crippen molar-refractivity contribution < 1.29 is 0 Å². The van der Waals surface area contributed by atoms with Crippen LogP contribution in [-0.4, -0.2) is 14.8 Å². The lowest BCUT2D eigenvalue weighted by atomic mass is 10.1. The highest BCUT2D eigenvalue weighted by atomic mass is 35.5. The van der Waals surface area contributed by atoms with Gasteiger partial charge in [-0.3, -0.25) is 20.9 Å². The fourth-order valence-electron chi connectivity index (χ4n) is 1.93. The van der Waals surface area contributed by atoms with Crippen LogP contribution in [0.15, 0.2) is 30.6 Å². The Morgan fingerprint density at radius 3 is 2.94 bits per heavy atom. The zero-order valence-corrected chi connectivity index (χ0v) is 10.9. The number of pyridine rings is 1. The van der Waals surface area contributed by atoms with Crippen molar-refractivity contribution in [1.29, 1.82) is 0 Å². The maximum Gasteiger partial charge on any atom is 0.0834 e. The summed E-state index contributed by atoms with van der Waals surface area (Å²) in [5.74, 6) is 5.63. The minimum absolute atomic E-state index is 0.102. The first kappa shape index (κ1) is 13.0. The van der Waals surface area contributed by atoms with Crippen molar-refractivity contribution in [2.45, 2.75) is 25.9 Å². The van der Waals surface area contributed by atoms with Gasteiger partial charge in [-0.15, -0.1) is 0 Å². The molecule has 0 aliphatic heterocycles. The lowest BCUT2D eigenvalue weighted by Gasteiger charge is -2.17. The largest absolute Gasteiger partial charge is 0.271 e. The average Bonchev–Trinajstić information content (AvgIpc) is 2.78. The van der Waals surface area contributed by atoms with Gasteiger partial charge >= 0.3 is 0 Å². The molecule has 0 saturated carbocycles. The second kappa shape index (κ2) is 5.95. The zero-order chi connectivity index (χ0) is 13.0. The van der Waals surface area contributed by atoms with E-state index in [0.717, 1.165) is 17.9 Å². The molecule has 0 saturated heterocycles. The molecule has 3 N–H and O–H groups in total. The molecule has 6 heteroatoms. The van der Waals surface area contributed by atoms with Crippen molar-refractivity contribution in [2.24, 2.45) is 5.84 Å². The lowest BCUT2D eigenvalue weighted by molar-refractivity contribution is 0.487. The third kappa shape index (κ3) is 2.69. The number of hydrazine groups is 1. The first-order valence-corrected chi connectivity index (χ1v) is 6.21. The molecule has 0 radical (unpaired) electrons. The van der Waals surface area contributed by atoms with E-state index in [2.05, 4.69) is 15.5 Å². The van der Waals surface area contributed by atoms with Crippen molar-refractivity contribution in [3.63, 3.8) is 0 Å². The Morgan fingerprint density at radius 1 is 1.50 bits per heavy atom. The van der Waals surface area contributed by atoms with Crippen molar-refractivity contribution in [1.82, 2.24) is 20.2 Å². The normalized spacial score (nSPS) is 12.6. The summed E-state index contributed by atoms with van der Waals surface area (Å²) in [5.41, 5.74) is 4.64. The molecule has 0 aliphatic rings. The molecule has 5 nitrogen and oxygen atoms in total. The number of hydrogen-bond acceptors (Lipinski definition) is 4. The van der Waals surface area contributed by atoms with Gasteiger partial charge in [0.05, 0.1) is 23.0 Å². The average molecular weight is 266 g/mol. The summed E-state index contributed by atoms with van der Waals surface area (Å²) >= 11 is 6.16. The number of halogens is 1. The molecule has 0 spiro atoms. The summed E-state index contributed by atoms with van der Waals surface area (Å²) in [4.78, 5) is 4.29. The fraction of sp³-hybridized carbons (Fsp3) is 0.333. The van der Waals surface area contributed by atoms with Crippen molar-refractivity contribution in [2.75, 3.05) is 0 Å². The van der Waals surface area contributed by atoms with Gasteiger partial charge < -0.3 is 0 Å². The van der Waals surface area contributed by atoms with Crippen LogP contribution in [0.4, 0.5) is 0 Å². The maximum absolute atomic E-state index is 6.16. The standard InChI is InChI=1S/C12H16ClN5/c1-2-18-12(10(13)8-16-18)11(17-14)7-9-5-3-4-6-15-9/h3-6,8,11,17H,2,7,14H2,1H3. The Balaban J connectivity index is 2.25. The molecule has 1 unspecified atom stereocenters. The van der Waals surface area contributed by atoms with Crippen molar-refractivity contribution in [3.8, 4) is 0 Å². The Labute approximate surface area is 111 Å². The number of nitrogens with zero attached hydrogens (tertiary/aromatic N) is 3. The first-order chi connectivity index (χ1) is 8.76. The van der Waals surface area contributed by atoms with Crippen LogP contribution < -0.4 is 11.3 Å². The molecule has 0 fully saturated rings. The topological polar surface area (TPSA) is 68.8 Å². The molecular weight excluding hydrogens is 250 g/mol. The molecular formula is C12H16ClN5. The van der Waals surface area contributed by atoms with Gasteiger partial charge in [-0.25, -0.2) is 0 Å². The van der Waals surface area contributed by atoms with Gasteiger partial charge in [0.25, 0.3) is 0 Å². The number of nitrogens with two attached hydrogens (primary N) is 1. The molecule has 2 aromatic heterocycles. The van der Waals surface area contributed by atoms with E-state index in [0.29, 0.717) is 11.4 Å². The van der Waals surface area contributed by atoms with E-state index in [1.165, 1.54) is 0 Å². The van der Waals surface area contributed by atoms with Crippen molar-refractivity contribution in [3.05, 3.63) is 47.0 Å². The zero-order valence-electron chi connectivity index (χ0n) is 10.2. The molecule has 0 aliphatic carbocycles. The van der Waals surface area contributed by atoms with E-state index in [-0.39, 0.29) is 6.04 Å². The van der Waals surface area contributed by atoms with E-state index in [9.17, 15) is 0 Å². The lowest BCUT2D eigenvalue weighted by Crippen LogP contribution is -2.31. The van der Waals surface area contributed by atoms with Gasteiger partial charge in [-0.1, -0.05) is 17.7 Å². The van der Waals surface area contributed by atoms with Crippen LogP contribution in [0.1, 0.15) is 24.4 Å². The van der Waals surface area contributed by atoms with E-state index in [4.69, 9.17) is 17.4 Å². The molecule has 0 aromatic carbocycles. The predicted octanol–water partition coefficient (Wildman–Crippen LogP) is 1.70. The summed E-state index contributed by atoms with van der Waals surface area (Å²) in [7, 11) is 0. The molecule has 2 aromatic rings. The van der Waals surface area contributed by atoms with E-state index >= 15 is 0 Å². The Kier molecular flexibility index (Phi) is 4.30. The third-order valence-electron chi connectivity index (χ3n) is 2.80. The number of rotatable bonds is 5. The Hall–Kier alpha value is -1.43. The molecule has 0 amide bonds. The summed E-state index contributed by atoms with van der Waals surface area (Å²) in [5, 5.41) is 4.83. The Bertz CT molecular complexity index is 496. The van der Waals surface area contributed by atoms with Gasteiger partial charge in [-0.2, -0.15) is 5.10 Å². The second-order valence-corrected chi connectivity index (χ2v) is 4.35. The molecule has 96 valence electrons. The highest BCUT2D eigenvalue weighted by molar-refractivity contribution is 6.31. The maximum atomic E-state index is 6.16. The van der Waals surface area contributed by atoms with Crippen LogP contribution in [0.5, 0.6) is 0 Å². The smallest absolute Gasteiger partial charge is 0.0834 e. The fourth-order valence-corrected chi connectivity index (χ4v) is 2.21. The number of hydrogen-bond donors (Lipinski definition) is 2. The summed E-state index contributed by atoms with van der Waals surface area (Å²) < 4.78 is 1.84. The van der Waals surface area contributed by atoms with Crippen LogP contribution >= 0.6 is 11.6 Å². The minimum Gasteiger partial charge on any atom is -0.271 e. The Morgan fingerprint density at radius 2 is 2.33 bits per heavy atom. The van der Waals surface area contributed by atoms with Crippen LogP contribution in [0.2, 0.25) is 5.02 Å². The van der Waals surface area contributed by atoms with Crippen LogP contribution in [0, 0.1) is 0 Å². The number of aromatic nitrogens is 3. The SMILES string of the molecule is CCn1ncc(Cl)c1C(Cc1ccccn1)NN. The van der Waals surface area contributed by atoms with Gasteiger partial charge in [0.1, 0.15) is 0 Å². The second-order valence-electron chi connectivity index (χ2n) is 3.94. The van der Waals surface area contributed by atoms with Crippen LogP contribution in [0.3, 0.4) is 0 Å². The van der Waals surface area contributed by atoms with Gasteiger partial charge in [0.15, 0.2) is 0 Å². The summed E-state index contributed by atoms with van der Waals surface area (Å²) in [6, 6.07) is 5.70. The molecule has 2 rings (SSSR count). The van der Waals surface area contributed by atoms with Crippen molar-refractivity contribution >= 4 is 11.6 Å². The van der Waals surface area contributed by atoms with Gasteiger partial charge in [0, 0.05) is 24.9 Å². The number of aryl methyl sites for hydroxylation is 1. The highest BCUT2D eigenvalue weighted by Crippen LogP contribution is 2.24.